The van der Waals surface area contributed by atoms with E-state index in [9.17, 15) is 9.59 Å². The molecule has 6 nitrogen and oxygen atoms in total. The molecule has 1 amide bonds. The van der Waals surface area contributed by atoms with Crippen LogP contribution in [0.3, 0.4) is 0 Å². The molecule has 1 aromatic heterocycles. The van der Waals surface area contributed by atoms with Gasteiger partial charge in [-0.2, -0.15) is 0 Å². The summed E-state index contributed by atoms with van der Waals surface area (Å²) in [6, 6.07) is 10.6. The molecule has 2 aromatic rings. The average Bonchev–Trinajstić information content (AvgIpc) is 3.27. The Hall–Kier alpha value is -2.28. The van der Waals surface area contributed by atoms with E-state index in [1.165, 1.54) is 4.90 Å². The number of carbonyl (C=O) groups excluding carboxylic acids is 1. The van der Waals surface area contributed by atoms with Crippen LogP contribution in [0, 0.1) is 0 Å². The minimum absolute atomic E-state index is 0.0000639. The lowest BCUT2D eigenvalue weighted by Gasteiger charge is -2.18. The van der Waals surface area contributed by atoms with Crippen molar-refractivity contribution < 1.29 is 23.8 Å². The van der Waals surface area contributed by atoms with Gasteiger partial charge in [0.1, 0.15) is 24.7 Å². The number of nitrogens with zero attached hydrogens (tertiary/aromatic N) is 1. The van der Waals surface area contributed by atoms with Gasteiger partial charge in [0.05, 0.1) is 0 Å². The summed E-state index contributed by atoms with van der Waals surface area (Å²) in [5.74, 6) is -0.104. The summed E-state index contributed by atoms with van der Waals surface area (Å²) in [6.07, 6.45) is 1.66. The van der Waals surface area contributed by atoms with E-state index in [1.54, 1.807) is 12.1 Å². The van der Waals surface area contributed by atoms with Gasteiger partial charge in [-0.3, -0.25) is 9.59 Å². The summed E-state index contributed by atoms with van der Waals surface area (Å²) in [6.45, 7) is -0.125. The van der Waals surface area contributed by atoms with E-state index < -0.39 is 11.9 Å². The Kier molecular flexibility index (Phi) is 4.89. The summed E-state index contributed by atoms with van der Waals surface area (Å²) < 4.78 is 12.0. The molecular formula is C17H16BrNO5. The number of carboxylic acid groups (broad SMARTS) is 1. The predicted octanol–water partition coefficient (Wildman–Crippen LogP) is 3.31. The second kappa shape index (κ2) is 7.09. The molecule has 0 aliphatic heterocycles. The minimum Gasteiger partial charge on any atom is -0.486 e. The van der Waals surface area contributed by atoms with Crippen molar-refractivity contribution in [3.63, 3.8) is 0 Å². The number of carbonyl (C=O) groups is 2. The molecule has 0 spiro atoms. The van der Waals surface area contributed by atoms with Crippen molar-refractivity contribution in [2.24, 2.45) is 0 Å². The van der Waals surface area contributed by atoms with Crippen molar-refractivity contribution in [3.05, 3.63) is 52.4 Å². The maximum Gasteiger partial charge on any atom is 0.323 e. The quantitative estimate of drug-likeness (QED) is 0.780. The maximum absolute atomic E-state index is 12.4. The van der Waals surface area contributed by atoms with Gasteiger partial charge in [-0.15, -0.1) is 0 Å². The number of hydrogen-bond donors (Lipinski definition) is 1. The van der Waals surface area contributed by atoms with Gasteiger partial charge >= 0.3 is 5.97 Å². The second-order valence-electron chi connectivity index (χ2n) is 5.57. The first-order valence-corrected chi connectivity index (χ1v) is 8.32. The van der Waals surface area contributed by atoms with Gasteiger partial charge in [0.2, 0.25) is 0 Å². The molecule has 7 heteroatoms. The Morgan fingerprint density at radius 1 is 1.29 bits per heavy atom. The Morgan fingerprint density at radius 2 is 2.08 bits per heavy atom. The molecule has 0 bridgehead atoms. The van der Waals surface area contributed by atoms with Gasteiger partial charge < -0.3 is 19.2 Å². The van der Waals surface area contributed by atoms with Crippen LogP contribution in [0.15, 0.2) is 45.3 Å². The van der Waals surface area contributed by atoms with Gasteiger partial charge in [0.25, 0.3) is 5.91 Å². The zero-order valence-electron chi connectivity index (χ0n) is 12.8. The highest BCUT2D eigenvalue weighted by molar-refractivity contribution is 9.10. The number of halogens is 1. The SMILES string of the molecule is O=C(O)CN(C(=O)c1ccc(COc2cccc(Br)c2)o1)C1CC1. The second-order valence-corrected chi connectivity index (χ2v) is 6.49. The van der Waals surface area contributed by atoms with Gasteiger partial charge in [-0.25, -0.2) is 0 Å². The average molecular weight is 394 g/mol. The summed E-state index contributed by atoms with van der Waals surface area (Å²) >= 11 is 3.36. The van der Waals surface area contributed by atoms with E-state index >= 15 is 0 Å². The molecule has 0 radical (unpaired) electrons. The number of hydrogen-bond acceptors (Lipinski definition) is 4. The van der Waals surface area contributed by atoms with Crippen LogP contribution in [0.1, 0.15) is 29.2 Å². The highest BCUT2D eigenvalue weighted by atomic mass is 79.9. The highest BCUT2D eigenvalue weighted by Crippen LogP contribution is 2.28. The third-order valence-corrected chi connectivity index (χ3v) is 4.10. The van der Waals surface area contributed by atoms with E-state index in [0.29, 0.717) is 11.5 Å². The number of rotatable bonds is 7. The first kappa shape index (κ1) is 16.6. The lowest BCUT2D eigenvalue weighted by molar-refractivity contribution is -0.137. The molecule has 24 heavy (non-hydrogen) atoms. The largest absolute Gasteiger partial charge is 0.486 e. The van der Waals surface area contributed by atoms with Crippen LogP contribution in [0.2, 0.25) is 0 Å². The molecule has 126 valence electrons. The van der Waals surface area contributed by atoms with Gasteiger partial charge in [-0.1, -0.05) is 22.0 Å². The van der Waals surface area contributed by atoms with Crippen LogP contribution in [-0.2, 0) is 11.4 Å². The summed E-state index contributed by atoms with van der Waals surface area (Å²) in [5.41, 5.74) is 0. The van der Waals surface area contributed by atoms with E-state index in [0.717, 1.165) is 17.3 Å². The molecule has 1 saturated carbocycles. The van der Waals surface area contributed by atoms with E-state index in [4.69, 9.17) is 14.3 Å². The Balaban J connectivity index is 1.63. The van der Waals surface area contributed by atoms with E-state index in [-0.39, 0.29) is 25.0 Å². The van der Waals surface area contributed by atoms with Crippen LogP contribution in [0.5, 0.6) is 5.75 Å². The smallest absolute Gasteiger partial charge is 0.323 e. The first-order valence-electron chi connectivity index (χ1n) is 7.53. The van der Waals surface area contributed by atoms with Crippen molar-refractivity contribution in [3.8, 4) is 5.75 Å². The molecule has 0 saturated heterocycles. The number of amides is 1. The fourth-order valence-corrected chi connectivity index (χ4v) is 2.70. The van der Waals surface area contributed by atoms with Gasteiger partial charge in [0.15, 0.2) is 5.76 Å². The predicted molar refractivity (Wildman–Crippen MR) is 88.9 cm³/mol. The van der Waals surface area contributed by atoms with E-state index in [1.807, 2.05) is 24.3 Å². The number of carboxylic acids is 1. The third kappa shape index (κ3) is 4.17. The fourth-order valence-electron chi connectivity index (χ4n) is 2.32. The first-order chi connectivity index (χ1) is 11.5. The molecule has 0 unspecified atom stereocenters. The molecule has 1 fully saturated rings. The van der Waals surface area contributed by atoms with Crippen LogP contribution in [0.4, 0.5) is 0 Å². The lowest BCUT2D eigenvalue weighted by atomic mass is 10.3. The topological polar surface area (TPSA) is 80.0 Å². The molecule has 1 N–H and O–H groups in total. The van der Waals surface area contributed by atoms with Crippen molar-refractivity contribution in [1.82, 2.24) is 4.90 Å². The molecule has 1 aliphatic rings. The standard InChI is InChI=1S/C17H16BrNO5/c18-11-2-1-3-13(8-11)23-10-14-6-7-15(24-14)17(22)19(9-16(20)21)12-4-5-12/h1-3,6-8,12H,4-5,9-10H2,(H,20,21). The zero-order valence-corrected chi connectivity index (χ0v) is 14.4. The van der Waals surface area contributed by atoms with Crippen LogP contribution < -0.4 is 4.74 Å². The van der Waals surface area contributed by atoms with Crippen molar-refractivity contribution in [2.75, 3.05) is 6.54 Å². The molecule has 3 rings (SSSR count). The summed E-state index contributed by atoms with van der Waals surface area (Å²) in [7, 11) is 0. The monoisotopic (exact) mass is 393 g/mol. The van der Waals surface area contributed by atoms with Crippen LogP contribution in [-0.4, -0.2) is 34.5 Å². The number of ether oxygens (including phenoxy) is 1. The molecule has 0 atom stereocenters. The molecule has 1 aliphatic carbocycles. The van der Waals surface area contributed by atoms with Gasteiger partial charge in [-0.05, 0) is 43.2 Å². The number of benzene rings is 1. The third-order valence-electron chi connectivity index (χ3n) is 3.60. The Labute approximate surface area is 147 Å². The Morgan fingerprint density at radius 3 is 2.75 bits per heavy atom. The fraction of sp³-hybridized carbons (Fsp3) is 0.294. The number of aliphatic carboxylic acids is 1. The minimum atomic E-state index is -1.03. The molecule has 1 aromatic carbocycles. The van der Waals surface area contributed by atoms with E-state index in [2.05, 4.69) is 15.9 Å². The molecular weight excluding hydrogens is 378 g/mol. The molecule has 1 heterocycles. The van der Waals surface area contributed by atoms with Crippen LogP contribution >= 0.6 is 15.9 Å². The Bertz CT molecular complexity index is 753. The summed E-state index contributed by atoms with van der Waals surface area (Å²) in [4.78, 5) is 24.7. The van der Waals surface area contributed by atoms with Crippen molar-refractivity contribution >= 4 is 27.8 Å². The zero-order chi connectivity index (χ0) is 17.1. The number of furan rings is 1. The van der Waals surface area contributed by atoms with Crippen molar-refractivity contribution in [2.45, 2.75) is 25.5 Å². The normalized spacial score (nSPS) is 13.5. The lowest BCUT2D eigenvalue weighted by Crippen LogP contribution is -2.37. The van der Waals surface area contributed by atoms with Crippen molar-refractivity contribution in [1.29, 1.82) is 0 Å². The van der Waals surface area contributed by atoms with Crippen LogP contribution in [0.25, 0.3) is 0 Å². The highest BCUT2D eigenvalue weighted by Gasteiger charge is 2.35. The maximum atomic E-state index is 12.4. The summed E-state index contributed by atoms with van der Waals surface area (Å²) in [5, 5.41) is 8.95. The van der Waals surface area contributed by atoms with Gasteiger partial charge in [0, 0.05) is 10.5 Å².